The Labute approximate surface area is 121 Å². The molecule has 1 aliphatic heterocycles. The van der Waals surface area contributed by atoms with E-state index in [0.29, 0.717) is 12.0 Å². The largest absolute Gasteiger partial charge is 0.370 e. The van der Waals surface area contributed by atoms with Crippen molar-refractivity contribution in [2.75, 3.05) is 29.0 Å². The van der Waals surface area contributed by atoms with Crippen LogP contribution in [0.4, 0.5) is 17.6 Å². The molecule has 1 aromatic heterocycles. The second-order valence-corrected chi connectivity index (χ2v) is 5.95. The number of nitrogens with zero attached hydrogens (tertiary/aromatic N) is 3. The third-order valence-corrected chi connectivity index (χ3v) is 4.63. The van der Waals surface area contributed by atoms with Crippen LogP contribution in [0.3, 0.4) is 0 Å². The summed E-state index contributed by atoms with van der Waals surface area (Å²) in [5.41, 5.74) is 5.87. The van der Waals surface area contributed by atoms with Crippen LogP contribution in [0.5, 0.6) is 0 Å². The molecule has 2 aliphatic rings. The van der Waals surface area contributed by atoms with E-state index in [1.165, 1.54) is 38.5 Å². The van der Waals surface area contributed by atoms with E-state index >= 15 is 0 Å². The van der Waals surface area contributed by atoms with E-state index in [0.717, 1.165) is 30.6 Å². The molecule has 5 heteroatoms. The predicted molar refractivity (Wildman–Crippen MR) is 82.9 cm³/mol. The highest BCUT2D eigenvalue weighted by Gasteiger charge is 2.34. The number of rotatable bonds is 4. The van der Waals surface area contributed by atoms with Gasteiger partial charge in [0.1, 0.15) is 11.6 Å². The molecule has 110 valence electrons. The van der Waals surface area contributed by atoms with Crippen molar-refractivity contribution in [1.82, 2.24) is 9.97 Å². The number of hydrogen-bond acceptors (Lipinski definition) is 5. The lowest BCUT2D eigenvalue weighted by Gasteiger charge is -2.30. The maximum atomic E-state index is 5.87. The summed E-state index contributed by atoms with van der Waals surface area (Å²) in [7, 11) is 0. The van der Waals surface area contributed by atoms with Gasteiger partial charge < -0.3 is 16.0 Å². The molecule has 1 unspecified atom stereocenters. The normalized spacial score (nSPS) is 23.4. The Morgan fingerprint density at radius 3 is 2.80 bits per heavy atom. The summed E-state index contributed by atoms with van der Waals surface area (Å²) < 4.78 is 0. The van der Waals surface area contributed by atoms with E-state index in [1.54, 1.807) is 0 Å². The standard InChI is InChI=1S/C15H25N5/c1-2-17-13-10-14(19-15(16)18-13)20-9-5-8-12(20)11-6-3-4-7-11/h10-12H,2-9H2,1H3,(H3,16,17,18,19). The van der Waals surface area contributed by atoms with Gasteiger partial charge in [0.05, 0.1) is 0 Å². The first-order chi connectivity index (χ1) is 9.78. The van der Waals surface area contributed by atoms with E-state index < -0.39 is 0 Å². The molecule has 0 bridgehead atoms. The molecule has 3 N–H and O–H groups in total. The molecule has 5 nitrogen and oxygen atoms in total. The number of nitrogen functional groups attached to an aromatic ring is 1. The predicted octanol–water partition coefficient (Wildman–Crippen LogP) is 2.65. The minimum Gasteiger partial charge on any atom is -0.370 e. The first-order valence-corrected chi connectivity index (χ1v) is 7.93. The van der Waals surface area contributed by atoms with E-state index in [2.05, 4.69) is 27.1 Å². The van der Waals surface area contributed by atoms with Crippen molar-refractivity contribution in [3.63, 3.8) is 0 Å². The van der Waals surface area contributed by atoms with Crippen molar-refractivity contribution in [3.05, 3.63) is 6.07 Å². The molecule has 0 aromatic carbocycles. The van der Waals surface area contributed by atoms with Crippen LogP contribution in [0.2, 0.25) is 0 Å². The molecule has 1 saturated heterocycles. The van der Waals surface area contributed by atoms with Crippen molar-refractivity contribution in [2.24, 2.45) is 5.92 Å². The number of hydrogen-bond donors (Lipinski definition) is 2. The van der Waals surface area contributed by atoms with E-state index in [9.17, 15) is 0 Å². The fraction of sp³-hybridized carbons (Fsp3) is 0.733. The first-order valence-electron chi connectivity index (χ1n) is 7.93. The molecule has 1 aliphatic carbocycles. The van der Waals surface area contributed by atoms with Crippen LogP contribution in [0, 0.1) is 5.92 Å². The molecule has 1 saturated carbocycles. The van der Waals surface area contributed by atoms with Crippen molar-refractivity contribution in [1.29, 1.82) is 0 Å². The van der Waals surface area contributed by atoms with Crippen LogP contribution in [0.15, 0.2) is 6.07 Å². The van der Waals surface area contributed by atoms with Crippen molar-refractivity contribution >= 4 is 17.6 Å². The molecule has 0 spiro atoms. The molecular formula is C15H25N5. The van der Waals surface area contributed by atoms with Gasteiger partial charge in [-0.1, -0.05) is 12.8 Å². The van der Waals surface area contributed by atoms with E-state index in [-0.39, 0.29) is 0 Å². The molecule has 2 heterocycles. The van der Waals surface area contributed by atoms with Crippen molar-refractivity contribution < 1.29 is 0 Å². The fourth-order valence-corrected chi connectivity index (χ4v) is 3.78. The Balaban J connectivity index is 1.83. The number of anilines is 3. The third kappa shape index (κ3) is 2.67. The van der Waals surface area contributed by atoms with Gasteiger partial charge in [-0.25, -0.2) is 0 Å². The highest BCUT2D eigenvalue weighted by atomic mass is 15.3. The minimum atomic E-state index is 0.371. The van der Waals surface area contributed by atoms with Crippen LogP contribution >= 0.6 is 0 Å². The molecule has 2 fully saturated rings. The number of nitrogens with two attached hydrogens (primary N) is 1. The zero-order chi connectivity index (χ0) is 13.9. The van der Waals surface area contributed by atoms with Crippen LogP contribution in [0.25, 0.3) is 0 Å². The number of aromatic nitrogens is 2. The average Bonchev–Trinajstić information content (AvgIpc) is 3.09. The van der Waals surface area contributed by atoms with Crippen molar-refractivity contribution in [2.45, 2.75) is 51.5 Å². The van der Waals surface area contributed by atoms with Gasteiger partial charge in [0.25, 0.3) is 0 Å². The third-order valence-electron chi connectivity index (χ3n) is 4.63. The molecular weight excluding hydrogens is 250 g/mol. The van der Waals surface area contributed by atoms with Crippen LogP contribution in [0.1, 0.15) is 45.4 Å². The molecule has 0 radical (unpaired) electrons. The lowest BCUT2D eigenvalue weighted by molar-refractivity contribution is 0.429. The summed E-state index contributed by atoms with van der Waals surface area (Å²) in [6, 6.07) is 2.70. The van der Waals surface area contributed by atoms with Gasteiger partial charge in [0.2, 0.25) is 5.95 Å². The second kappa shape index (κ2) is 5.85. The van der Waals surface area contributed by atoms with Crippen LogP contribution in [-0.4, -0.2) is 29.1 Å². The monoisotopic (exact) mass is 275 g/mol. The Kier molecular flexibility index (Phi) is 3.94. The smallest absolute Gasteiger partial charge is 0.223 e. The summed E-state index contributed by atoms with van der Waals surface area (Å²) >= 11 is 0. The summed E-state index contributed by atoms with van der Waals surface area (Å²) in [6.45, 7) is 4.01. The Hall–Kier alpha value is -1.52. The molecule has 1 aromatic rings. The Morgan fingerprint density at radius 1 is 1.25 bits per heavy atom. The summed E-state index contributed by atoms with van der Waals surface area (Å²) in [6.07, 6.45) is 8.10. The topological polar surface area (TPSA) is 67.1 Å². The Bertz CT molecular complexity index is 456. The molecule has 20 heavy (non-hydrogen) atoms. The van der Waals surface area contributed by atoms with E-state index in [1.807, 2.05) is 6.07 Å². The highest BCUT2D eigenvalue weighted by Crippen LogP contribution is 2.37. The maximum absolute atomic E-state index is 5.87. The lowest BCUT2D eigenvalue weighted by Crippen LogP contribution is -2.35. The lowest BCUT2D eigenvalue weighted by atomic mass is 9.96. The Morgan fingerprint density at radius 2 is 2.05 bits per heavy atom. The van der Waals surface area contributed by atoms with Crippen LogP contribution in [-0.2, 0) is 0 Å². The van der Waals surface area contributed by atoms with Gasteiger partial charge >= 0.3 is 0 Å². The van der Waals surface area contributed by atoms with E-state index in [4.69, 9.17) is 5.73 Å². The average molecular weight is 275 g/mol. The zero-order valence-corrected chi connectivity index (χ0v) is 12.3. The molecule has 3 rings (SSSR count). The summed E-state index contributed by atoms with van der Waals surface area (Å²) in [4.78, 5) is 11.2. The van der Waals surface area contributed by atoms with Gasteiger partial charge in [0.15, 0.2) is 0 Å². The van der Waals surface area contributed by atoms with Crippen LogP contribution < -0.4 is 16.0 Å². The quantitative estimate of drug-likeness (QED) is 0.884. The van der Waals surface area contributed by atoms with Gasteiger partial charge in [-0.15, -0.1) is 0 Å². The summed E-state index contributed by atoms with van der Waals surface area (Å²) in [5.74, 6) is 3.06. The van der Waals surface area contributed by atoms with Gasteiger partial charge in [-0.05, 0) is 38.5 Å². The summed E-state index contributed by atoms with van der Waals surface area (Å²) in [5, 5.41) is 3.24. The highest BCUT2D eigenvalue weighted by molar-refractivity contribution is 5.53. The minimum absolute atomic E-state index is 0.371. The fourth-order valence-electron chi connectivity index (χ4n) is 3.78. The van der Waals surface area contributed by atoms with Gasteiger partial charge in [-0.2, -0.15) is 9.97 Å². The van der Waals surface area contributed by atoms with Gasteiger partial charge in [0, 0.05) is 25.2 Å². The maximum Gasteiger partial charge on any atom is 0.223 e. The number of nitrogens with one attached hydrogen (secondary N) is 1. The second-order valence-electron chi connectivity index (χ2n) is 5.95. The first kappa shape index (κ1) is 13.5. The molecule has 1 atom stereocenters. The van der Waals surface area contributed by atoms with Gasteiger partial charge in [-0.3, -0.25) is 0 Å². The van der Waals surface area contributed by atoms with Crippen molar-refractivity contribution in [3.8, 4) is 0 Å². The molecule has 0 amide bonds. The zero-order valence-electron chi connectivity index (χ0n) is 12.3. The SMILES string of the molecule is CCNc1cc(N2CCCC2C2CCCC2)nc(N)n1.